The van der Waals surface area contributed by atoms with E-state index in [0.29, 0.717) is 24.7 Å². The van der Waals surface area contributed by atoms with Crippen molar-refractivity contribution in [3.8, 4) is 11.5 Å². The van der Waals surface area contributed by atoms with Crippen LogP contribution in [0.5, 0.6) is 11.5 Å². The second-order valence-electron chi connectivity index (χ2n) is 4.38. The van der Waals surface area contributed by atoms with Crippen LogP contribution in [0, 0.1) is 0 Å². The van der Waals surface area contributed by atoms with Gasteiger partial charge in [-0.1, -0.05) is 0 Å². The van der Waals surface area contributed by atoms with Gasteiger partial charge in [0.05, 0.1) is 19.3 Å². The Morgan fingerprint density at radius 3 is 3.12 bits per heavy atom. The first-order chi connectivity index (χ1) is 7.81. The van der Waals surface area contributed by atoms with Gasteiger partial charge in [0.2, 0.25) is 0 Å². The van der Waals surface area contributed by atoms with E-state index in [1.807, 2.05) is 12.1 Å². The quantitative estimate of drug-likeness (QED) is 0.726. The van der Waals surface area contributed by atoms with Gasteiger partial charge in [0.15, 0.2) is 5.78 Å². The van der Waals surface area contributed by atoms with E-state index in [1.54, 1.807) is 7.11 Å². The lowest BCUT2D eigenvalue weighted by molar-refractivity contribution is 0.0978. The van der Waals surface area contributed by atoms with Gasteiger partial charge in [-0.3, -0.25) is 4.79 Å². The molecule has 1 aliphatic heterocycles. The molecular formula is C13H14O3. The Balaban J connectivity index is 2.25. The van der Waals surface area contributed by atoms with Crippen LogP contribution in [0.15, 0.2) is 12.1 Å². The molecule has 1 aromatic rings. The molecule has 0 spiro atoms. The molecule has 16 heavy (non-hydrogen) atoms. The Labute approximate surface area is 94.4 Å². The van der Waals surface area contributed by atoms with E-state index in [1.165, 1.54) is 0 Å². The maximum Gasteiger partial charge on any atom is 0.167 e. The summed E-state index contributed by atoms with van der Waals surface area (Å²) in [4.78, 5) is 12.1. The molecule has 1 atom stereocenters. The number of carbonyl (C=O) groups excluding carboxylic acids is 1. The SMILES string of the molecule is COc1ccc2c3c1C(=O)CCC[C@@H]3CO2. The lowest BCUT2D eigenvalue weighted by Crippen LogP contribution is -2.04. The maximum absolute atomic E-state index is 12.1. The molecule has 0 saturated carbocycles. The van der Waals surface area contributed by atoms with Crippen molar-refractivity contribution >= 4 is 5.78 Å². The summed E-state index contributed by atoms with van der Waals surface area (Å²) < 4.78 is 10.9. The van der Waals surface area contributed by atoms with Crippen molar-refractivity contribution in [2.45, 2.75) is 25.2 Å². The van der Waals surface area contributed by atoms with Crippen LogP contribution in [-0.4, -0.2) is 19.5 Å². The van der Waals surface area contributed by atoms with Crippen molar-refractivity contribution in [1.29, 1.82) is 0 Å². The molecule has 0 saturated heterocycles. The summed E-state index contributed by atoms with van der Waals surface area (Å²) in [6, 6.07) is 3.75. The van der Waals surface area contributed by atoms with Crippen LogP contribution in [0.25, 0.3) is 0 Å². The first-order valence-corrected chi connectivity index (χ1v) is 5.68. The molecule has 3 nitrogen and oxygen atoms in total. The number of hydrogen-bond donors (Lipinski definition) is 0. The molecule has 0 radical (unpaired) electrons. The van der Waals surface area contributed by atoms with E-state index in [2.05, 4.69) is 0 Å². The summed E-state index contributed by atoms with van der Waals surface area (Å²) in [5, 5.41) is 0. The van der Waals surface area contributed by atoms with Crippen molar-refractivity contribution in [1.82, 2.24) is 0 Å². The highest BCUT2D eigenvalue weighted by Gasteiger charge is 2.33. The maximum atomic E-state index is 12.1. The zero-order valence-corrected chi connectivity index (χ0v) is 9.29. The van der Waals surface area contributed by atoms with Gasteiger partial charge >= 0.3 is 0 Å². The van der Waals surface area contributed by atoms with Crippen LogP contribution in [0.3, 0.4) is 0 Å². The topological polar surface area (TPSA) is 35.5 Å². The normalized spacial score (nSPS) is 22.3. The zero-order chi connectivity index (χ0) is 11.1. The first-order valence-electron chi connectivity index (χ1n) is 5.68. The van der Waals surface area contributed by atoms with E-state index in [9.17, 15) is 4.79 Å². The van der Waals surface area contributed by atoms with Gasteiger partial charge in [0.25, 0.3) is 0 Å². The number of Topliss-reactive ketones (excluding diaryl/α,β-unsaturated/α-hetero) is 1. The van der Waals surface area contributed by atoms with Crippen molar-refractivity contribution < 1.29 is 14.3 Å². The van der Waals surface area contributed by atoms with Crippen LogP contribution < -0.4 is 9.47 Å². The molecular weight excluding hydrogens is 204 g/mol. The minimum Gasteiger partial charge on any atom is -0.496 e. The van der Waals surface area contributed by atoms with Crippen molar-refractivity contribution in [2.75, 3.05) is 13.7 Å². The Hall–Kier alpha value is -1.51. The Morgan fingerprint density at radius 2 is 2.31 bits per heavy atom. The van der Waals surface area contributed by atoms with Crippen LogP contribution in [0.2, 0.25) is 0 Å². The summed E-state index contributed by atoms with van der Waals surface area (Å²) in [5.41, 5.74) is 1.85. The predicted molar refractivity (Wildman–Crippen MR) is 59.4 cm³/mol. The van der Waals surface area contributed by atoms with Gasteiger partial charge in [0.1, 0.15) is 11.5 Å². The summed E-state index contributed by atoms with van der Waals surface area (Å²) >= 11 is 0. The molecule has 0 fully saturated rings. The number of hydrogen-bond acceptors (Lipinski definition) is 3. The van der Waals surface area contributed by atoms with Crippen molar-refractivity contribution in [2.24, 2.45) is 0 Å². The van der Waals surface area contributed by atoms with Crippen LogP contribution in [0.1, 0.15) is 41.1 Å². The van der Waals surface area contributed by atoms with Crippen LogP contribution in [0.4, 0.5) is 0 Å². The van der Waals surface area contributed by atoms with Gasteiger partial charge in [-0.15, -0.1) is 0 Å². The average molecular weight is 218 g/mol. The lowest BCUT2D eigenvalue weighted by atomic mass is 9.93. The molecule has 0 amide bonds. The number of ketones is 1. The standard InChI is InChI=1S/C13H14O3/c1-15-10-5-6-11-12-8(7-16-11)3-2-4-9(14)13(10)12/h5-6,8H,2-4,7H2,1H3/t8-/m1/s1. The third kappa shape index (κ3) is 1.24. The number of ether oxygens (including phenoxy) is 2. The second-order valence-corrected chi connectivity index (χ2v) is 4.38. The molecule has 1 aromatic carbocycles. The Morgan fingerprint density at radius 1 is 1.44 bits per heavy atom. The lowest BCUT2D eigenvalue weighted by Gasteiger charge is -2.11. The van der Waals surface area contributed by atoms with Gasteiger partial charge < -0.3 is 9.47 Å². The molecule has 1 heterocycles. The van der Waals surface area contributed by atoms with Gasteiger partial charge in [-0.05, 0) is 25.0 Å². The smallest absolute Gasteiger partial charge is 0.167 e. The Bertz CT molecular complexity index is 451. The van der Waals surface area contributed by atoms with E-state index < -0.39 is 0 Å². The van der Waals surface area contributed by atoms with Crippen molar-refractivity contribution in [3.05, 3.63) is 23.3 Å². The number of methoxy groups -OCH3 is 1. The van der Waals surface area contributed by atoms with E-state index in [4.69, 9.17) is 9.47 Å². The zero-order valence-electron chi connectivity index (χ0n) is 9.29. The third-order valence-corrected chi connectivity index (χ3v) is 3.47. The van der Waals surface area contributed by atoms with Crippen molar-refractivity contribution in [3.63, 3.8) is 0 Å². The van der Waals surface area contributed by atoms with Gasteiger partial charge in [-0.2, -0.15) is 0 Å². The molecule has 3 heteroatoms. The molecule has 0 aromatic heterocycles. The largest absolute Gasteiger partial charge is 0.496 e. The average Bonchev–Trinajstić information content (AvgIpc) is 2.63. The first kappa shape index (κ1) is 9.70. The highest BCUT2D eigenvalue weighted by molar-refractivity contribution is 6.01. The predicted octanol–water partition coefficient (Wildman–Crippen LogP) is 2.54. The second kappa shape index (κ2) is 3.51. The minimum absolute atomic E-state index is 0.196. The van der Waals surface area contributed by atoms with E-state index in [-0.39, 0.29) is 5.78 Å². The van der Waals surface area contributed by atoms with Gasteiger partial charge in [-0.25, -0.2) is 0 Å². The Kier molecular flexibility index (Phi) is 2.13. The van der Waals surface area contributed by atoms with Gasteiger partial charge in [0, 0.05) is 17.9 Å². The molecule has 1 aliphatic carbocycles. The minimum atomic E-state index is 0.196. The molecule has 2 aliphatic rings. The summed E-state index contributed by atoms with van der Waals surface area (Å²) in [6.07, 6.45) is 2.62. The van der Waals surface area contributed by atoms with Crippen LogP contribution >= 0.6 is 0 Å². The number of carbonyl (C=O) groups is 1. The molecule has 3 rings (SSSR count). The van der Waals surface area contributed by atoms with E-state index in [0.717, 1.165) is 29.7 Å². The molecule has 84 valence electrons. The fraction of sp³-hybridized carbons (Fsp3) is 0.462. The fourth-order valence-electron chi connectivity index (χ4n) is 2.70. The highest BCUT2D eigenvalue weighted by atomic mass is 16.5. The molecule has 0 unspecified atom stereocenters. The highest BCUT2D eigenvalue weighted by Crippen LogP contribution is 2.45. The van der Waals surface area contributed by atoms with E-state index >= 15 is 0 Å². The summed E-state index contributed by atoms with van der Waals surface area (Å²) in [5.74, 6) is 2.14. The summed E-state index contributed by atoms with van der Waals surface area (Å²) in [6.45, 7) is 0.711. The number of rotatable bonds is 1. The fourth-order valence-corrected chi connectivity index (χ4v) is 2.70. The molecule has 0 N–H and O–H groups in total. The summed E-state index contributed by atoms with van der Waals surface area (Å²) in [7, 11) is 1.61. The third-order valence-electron chi connectivity index (χ3n) is 3.47. The number of benzene rings is 1. The molecule has 0 bridgehead atoms. The monoisotopic (exact) mass is 218 g/mol. The van der Waals surface area contributed by atoms with Crippen LogP contribution in [-0.2, 0) is 0 Å².